The molecule has 2 fully saturated rings. The maximum absolute atomic E-state index is 12.5. The molecule has 2 heterocycles. The molecule has 4 nitrogen and oxygen atoms in total. The Bertz CT molecular complexity index is 573. The van der Waals surface area contributed by atoms with E-state index < -0.39 is 0 Å². The van der Waals surface area contributed by atoms with E-state index in [1.807, 2.05) is 0 Å². The molecule has 1 aromatic rings. The van der Waals surface area contributed by atoms with Gasteiger partial charge in [-0.2, -0.15) is 0 Å². The second-order valence-corrected chi connectivity index (χ2v) is 8.38. The molecule has 1 amide bonds. The van der Waals surface area contributed by atoms with Crippen LogP contribution in [0.4, 0.5) is 0 Å². The highest BCUT2D eigenvalue weighted by molar-refractivity contribution is 5.78. The average molecular weight is 372 g/mol. The molecular weight excluding hydrogens is 334 g/mol. The number of rotatable bonds is 7. The second kappa shape index (κ2) is 10.8. The first kappa shape index (κ1) is 20.3. The SMILES string of the molecule is Cc1ccccc1CN1CCC(C(=O)NCCCN2CCCCCC2)CC1. The van der Waals surface area contributed by atoms with Gasteiger partial charge in [-0.25, -0.2) is 0 Å². The first-order chi connectivity index (χ1) is 13.2. The molecule has 0 unspecified atom stereocenters. The zero-order chi connectivity index (χ0) is 18.9. The predicted molar refractivity (Wildman–Crippen MR) is 112 cm³/mol. The van der Waals surface area contributed by atoms with Crippen LogP contribution in [0.1, 0.15) is 56.1 Å². The van der Waals surface area contributed by atoms with E-state index in [2.05, 4.69) is 46.3 Å². The summed E-state index contributed by atoms with van der Waals surface area (Å²) < 4.78 is 0. The Hall–Kier alpha value is -1.39. The summed E-state index contributed by atoms with van der Waals surface area (Å²) in [6, 6.07) is 8.62. The van der Waals surface area contributed by atoms with Crippen molar-refractivity contribution in [3.8, 4) is 0 Å². The van der Waals surface area contributed by atoms with Gasteiger partial charge in [0.25, 0.3) is 0 Å². The maximum Gasteiger partial charge on any atom is 0.223 e. The van der Waals surface area contributed by atoms with Crippen molar-refractivity contribution in [2.75, 3.05) is 39.3 Å². The summed E-state index contributed by atoms with van der Waals surface area (Å²) in [7, 11) is 0. The minimum Gasteiger partial charge on any atom is -0.356 e. The van der Waals surface area contributed by atoms with Gasteiger partial charge in [-0.05, 0) is 82.9 Å². The third-order valence-corrected chi connectivity index (χ3v) is 6.26. The fraction of sp³-hybridized carbons (Fsp3) is 0.696. The molecule has 0 radical (unpaired) electrons. The van der Waals surface area contributed by atoms with Crippen LogP contribution in [-0.4, -0.2) is 55.0 Å². The van der Waals surface area contributed by atoms with Gasteiger partial charge in [-0.3, -0.25) is 9.69 Å². The van der Waals surface area contributed by atoms with Gasteiger partial charge < -0.3 is 10.2 Å². The van der Waals surface area contributed by atoms with Gasteiger partial charge in [0.15, 0.2) is 0 Å². The van der Waals surface area contributed by atoms with E-state index in [0.29, 0.717) is 0 Å². The molecule has 150 valence electrons. The highest BCUT2D eigenvalue weighted by Gasteiger charge is 2.24. The van der Waals surface area contributed by atoms with Crippen molar-refractivity contribution >= 4 is 5.91 Å². The molecule has 0 aliphatic carbocycles. The molecule has 27 heavy (non-hydrogen) atoms. The van der Waals surface area contributed by atoms with Crippen LogP contribution in [0.15, 0.2) is 24.3 Å². The molecule has 2 aliphatic heterocycles. The van der Waals surface area contributed by atoms with Crippen molar-refractivity contribution in [3.63, 3.8) is 0 Å². The lowest BCUT2D eigenvalue weighted by Gasteiger charge is -2.31. The molecule has 3 rings (SSSR count). The standard InChI is InChI=1S/C23H37N3O/c1-20-9-4-5-10-22(20)19-26-17-11-21(12-18-26)23(27)24-13-8-16-25-14-6-2-3-7-15-25/h4-5,9-10,21H,2-3,6-8,11-19H2,1H3,(H,24,27). The van der Waals surface area contributed by atoms with Crippen molar-refractivity contribution in [1.82, 2.24) is 15.1 Å². The van der Waals surface area contributed by atoms with E-state index in [1.54, 1.807) is 0 Å². The number of piperidine rings is 1. The number of hydrogen-bond donors (Lipinski definition) is 1. The Morgan fingerprint density at radius 3 is 2.41 bits per heavy atom. The maximum atomic E-state index is 12.5. The number of likely N-dealkylation sites (tertiary alicyclic amines) is 2. The molecule has 0 spiro atoms. The van der Waals surface area contributed by atoms with Crippen LogP contribution in [0.3, 0.4) is 0 Å². The number of carbonyl (C=O) groups is 1. The number of nitrogens with one attached hydrogen (secondary N) is 1. The van der Waals surface area contributed by atoms with Gasteiger partial charge in [0.2, 0.25) is 5.91 Å². The highest BCUT2D eigenvalue weighted by atomic mass is 16.1. The van der Waals surface area contributed by atoms with Crippen LogP contribution in [0.5, 0.6) is 0 Å². The van der Waals surface area contributed by atoms with E-state index in [9.17, 15) is 4.79 Å². The van der Waals surface area contributed by atoms with Gasteiger partial charge in [0, 0.05) is 19.0 Å². The molecule has 2 aliphatic rings. The third kappa shape index (κ3) is 6.62. The van der Waals surface area contributed by atoms with Crippen molar-refractivity contribution in [1.29, 1.82) is 0 Å². The number of hydrogen-bond acceptors (Lipinski definition) is 3. The summed E-state index contributed by atoms with van der Waals surface area (Å²) in [5, 5.41) is 3.20. The molecule has 1 N–H and O–H groups in total. The van der Waals surface area contributed by atoms with Gasteiger partial charge >= 0.3 is 0 Å². The number of amides is 1. The predicted octanol–water partition coefficient (Wildman–Crippen LogP) is 3.59. The van der Waals surface area contributed by atoms with E-state index in [1.165, 1.54) is 49.9 Å². The molecule has 0 bridgehead atoms. The molecule has 4 heteroatoms. The lowest BCUT2D eigenvalue weighted by atomic mass is 9.95. The molecule has 0 atom stereocenters. The summed E-state index contributed by atoms with van der Waals surface area (Å²) in [5.41, 5.74) is 2.77. The lowest BCUT2D eigenvalue weighted by Crippen LogP contribution is -2.41. The largest absolute Gasteiger partial charge is 0.356 e. The highest BCUT2D eigenvalue weighted by Crippen LogP contribution is 2.20. The summed E-state index contributed by atoms with van der Waals surface area (Å²) in [6.45, 7) is 9.70. The Morgan fingerprint density at radius 2 is 1.70 bits per heavy atom. The van der Waals surface area contributed by atoms with Gasteiger partial charge in [-0.15, -0.1) is 0 Å². The zero-order valence-corrected chi connectivity index (χ0v) is 17.1. The Morgan fingerprint density at radius 1 is 1.00 bits per heavy atom. The fourth-order valence-electron chi connectivity index (χ4n) is 4.40. The Kier molecular flexibility index (Phi) is 8.15. The summed E-state index contributed by atoms with van der Waals surface area (Å²) in [4.78, 5) is 17.5. The smallest absolute Gasteiger partial charge is 0.223 e. The van der Waals surface area contributed by atoms with Crippen molar-refractivity contribution < 1.29 is 4.79 Å². The van der Waals surface area contributed by atoms with Gasteiger partial charge in [0.1, 0.15) is 0 Å². The van der Waals surface area contributed by atoms with Gasteiger partial charge in [0.05, 0.1) is 0 Å². The quantitative estimate of drug-likeness (QED) is 0.744. The molecule has 1 aromatic carbocycles. The number of nitrogens with zero attached hydrogens (tertiary/aromatic N) is 2. The minimum absolute atomic E-state index is 0.205. The Balaban J connectivity index is 1.31. The minimum atomic E-state index is 0.205. The fourth-order valence-corrected chi connectivity index (χ4v) is 4.40. The molecule has 0 saturated carbocycles. The summed E-state index contributed by atoms with van der Waals surface area (Å²) >= 11 is 0. The summed E-state index contributed by atoms with van der Waals surface area (Å²) in [6.07, 6.45) is 8.51. The average Bonchev–Trinajstić information content (AvgIpc) is 2.96. The first-order valence-electron chi connectivity index (χ1n) is 11.0. The topological polar surface area (TPSA) is 35.6 Å². The second-order valence-electron chi connectivity index (χ2n) is 8.38. The van der Waals surface area contributed by atoms with Crippen molar-refractivity contribution in [2.45, 2.75) is 58.4 Å². The van der Waals surface area contributed by atoms with Crippen molar-refractivity contribution in [2.24, 2.45) is 5.92 Å². The first-order valence-corrected chi connectivity index (χ1v) is 11.0. The number of aryl methyl sites for hydroxylation is 1. The zero-order valence-electron chi connectivity index (χ0n) is 17.1. The van der Waals surface area contributed by atoms with Crippen LogP contribution < -0.4 is 5.32 Å². The Labute approximate surface area is 165 Å². The number of carbonyl (C=O) groups excluding carboxylic acids is 1. The van der Waals surface area contributed by atoms with Crippen LogP contribution in [0.25, 0.3) is 0 Å². The van der Waals surface area contributed by atoms with E-state index in [4.69, 9.17) is 0 Å². The molecule has 0 aromatic heterocycles. The van der Waals surface area contributed by atoms with E-state index in [-0.39, 0.29) is 11.8 Å². The van der Waals surface area contributed by atoms with E-state index >= 15 is 0 Å². The lowest BCUT2D eigenvalue weighted by molar-refractivity contribution is -0.126. The molecule has 2 saturated heterocycles. The van der Waals surface area contributed by atoms with Crippen LogP contribution in [0, 0.1) is 12.8 Å². The third-order valence-electron chi connectivity index (χ3n) is 6.26. The monoisotopic (exact) mass is 371 g/mol. The normalized spacial score (nSPS) is 20.3. The van der Waals surface area contributed by atoms with Crippen LogP contribution >= 0.6 is 0 Å². The van der Waals surface area contributed by atoms with Crippen LogP contribution in [0.2, 0.25) is 0 Å². The number of benzene rings is 1. The molecular formula is C23H37N3O. The van der Waals surface area contributed by atoms with Crippen molar-refractivity contribution in [3.05, 3.63) is 35.4 Å². The summed E-state index contributed by atoms with van der Waals surface area (Å²) in [5.74, 6) is 0.484. The van der Waals surface area contributed by atoms with E-state index in [0.717, 1.165) is 52.0 Å². The van der Waals surface area contributed by atoms with Crippen LogP contribution in [-0.2, 0) is 11.3 Å². The van der Waals surface area contributed by atoms with Gasteiger partial charge in [-0.1, -0.05) is 37.1 Å².